The summed E-state index contributed by atoms with van der Waals surface area (Å²) in [5.41, 5.74) is 4.42. The Bertz CT molecular complexity index is 1030. The number of aromatic nitrogens is 1. The number of rotatable bonds is 5. The molecule has 1 fully saturated rings. The van der Waals surface area contributed by atoms with Crippen molar-refractivity contribution >= 4 is 11.7 Å². The van der Waals surface area contributed by atoms with Crippen LogP contribution < -0.4 is 5.32 Å². The molecule has 0 bridgehead atoms. The lowest BCUT2D eigenvalue weighted by molar-refractivity contribution is -0.125. The molecule has 3 heterocycles. The Morgan fingerprint density at radius 1 is 1.41 bits per heavy atom. The van der Waals surface area contributed by atoms with Crippen molar-refractivity contribution in [2.24, 2.45) is 5.92 Å². The van der Waals surface area contributed by atoms with Crippen molar-refractivity contribution in [2.45, 2.75) is 45.3 Å². The standard InChI is InChI=1S/C24H28N4O4/c1-14-7-20(26-10-17(14)9-25)24(31)27-18-3-5-28(6-4-18)11-22(30)23-15(2)19-13-32-12-16(19)8-21(23)29/h7,10,12,18,22-23,30H,3-6,8,11,13H2,1-2H3,(H,27,31)/t22-,23?/m0/s1. The minimum absolute atomic E-state index is 0.0251. The maximum Gasteiger partial charge on any atom is 0.270 e. The maximum atomic E-state index is 12.6. The third kappa shape index (κ3) is 4.45. The van der Waals surface area contributed by atoms with Crippen LogP contribution in [-0.2, 0) is 9.53 Å². The summed E-state index contributed by atoms with van der Waals surface area (Å²) < 4.78 is 5.36. The number of Topliss-reactive ketones (excluding diaryl/α,β-unsaturated/α-hetero) is 1. The molecule has 2 atom stereocenters. The molecular weight excluding hydrogens is 408 g/mol. The molecule has 0 radical (unpaired) electrons. The summed E-state index contributed by atoms with van der Waals surface area (Å²) in [6.07, 6.45) is 4.17. The predicted octanol–water partition coefficient (Wildman–Crippen LogP) is 1.64. The minimum Gasteiger partial charge on any atom is -0.496 e. The molecule has 8 nitrogen and oxygen atoms in total. The average molecular weight is 437 g/mol. The molecule has 0 saturated carbocycles. The second-order valence-electron chi connectivity index (χ2n) is 8.85. The number of aliphatic hydroxyl groups is 1. The molecule has 1 aromatic heterocycles. The SMILES string of the molecule is CC1=C2COC=C2CC(=O)C1[C@@H](O)CN1CCC(NC(=O)c2cc(C)c(C#N)cn2)CC1. The fourth-order valence-electron chi connectivity index (χ4n) is 4.82. The Labute approximate surface area is 187 Å². The molecule has 1 unspecified atom stereocenters. The number of nitrogens with one attached hydrogen (secondary N) is 1. The van der Waals surface area contributed by atoms with E-state index in [1.165, 1.54) is 6.20 Å². The van der Waals surface area contributed by atoms with Gasteiger partial charge in [-0.1, -0.05) is 5.57 Å². The molecule has 0 spiro atoms. The molecule has 168 valence electrons. The Morgan fingerprint density at radius 2 is 2.16 bits per heavy atom. The van der Waals surface area contributed by atoms with E-state index in [0.717, 1.165) is 48.2 Å². The van der Waals surface area contributed by atoms with Crippen LogP contribution in [0.5, 0.6) is 0 Å². The number of fused-ring (bicyclic) bond motifs is 1. The first kappa shape index (κ1) is 22.2. The normalized spacial score (nSPS) is 22.6. The summed E-state index contributed by atoms with van der Waals surface area (Å²) in [5, 5.41) is 22.9. The van der Waals surface area contributed by atoms with E-state index in [9.17, 15) is 14.7 Å². The van der Waals surface area contributed by atoms with E-state index in [4.69, 9.17) is 10.00 Å². The molecule has 8 heteroatoms. The van der Waals surface area contributed by atoms with Gasteiger partial charge in [0.05, 0.1) is 23.8 Å². The van der Waals surface area contributed by atoms with Crippen molar-refractivity contribution < 1.29 is 19.4 Å². The number of likely N-dealkylation sites (tertiary alicyclic amines) is 1. The number of nitriles is 1. The third-order valence-electron chi connectivity index (χ3n) is 6.71. The van der Waals surface area contributed by atoms with Gasteiger partial charge in [0, 0.05) is 43.9 Å². The van der Waals surface area contributed by atoms with Crippen molar-refractivity contribution in [3.05, 3.63) is 52.1 Å². The van der Waals surface area contributed by atoms with Gasteiger partial charge in [-0.2, -0.15) is 5.26 Å². The van der Waals surface area contributed by atoms with Gasteiger partial charge in [0.1, 0.15) is 24.2 Å². The number of ketones is 1. The number of hydrogen-bond donors (Lipinski definition) is 2. The van der Waals surface area contributed by atoms with Crippen molar-refractivity contribution in [1.82, 2.24) is 15.2 Å². The van der Waals surface area contributed by atoms with Crippen molar-refractivity contribution in [1.29, 1.82) is 5.26 Å². The number of pyridine rings is 1. The minimum atomic E-state index is -0.755. The first-order chi connectivity index (χ1) is 15.4. The van der Waals surface area contributed by atoms with Crippen LogP contribution in [0.3, 0.4) is 0 Å². The van der Waals surface area contributed by atoms with Gasteiger partial charge in [-0.15, -0.1) is 0 Å². The molecule has 32 heavy (non-hydrogen) atoms. The van der Waals surface area contributed by atoms with Crippen LogP contribution in [0.25, 0.3) is 0 Å². The number of carbonyl (C=O) groups is 2. The third-order valence-corrected chi connectivity index (χ3v) is 6.71. The van der Waals surface area contributed by atoms with Gasteiger partial charge in [-0.3, -0.25) is 9.59 Å². The van der Waals surface area contributed by atoms with Gasteiger partial charge >= 0.3 is 0 Å². The quantitative estimate of drug-likeness (QED) is 0.721. The van der Waals surface area contributed by atoms with Crippen LogP contribution in [0.1, 0.15) is 47.8 Å². The number of amides is 1. The first-order valence-electron chi connectivity index (χ1n) is 11.0. The summed E-state index contributed by atoms with van der Waals surface area (Å²) in [6.45, 7) is 6.07. The molecule has 1 aromatic rings. The topological polar surface area (TPSA) is 116 Å². The summed E-state index contributed by atoms with van der Waals surface area (Å²) in [4.78, 5) is 31.4. The fourth-order valence-corrected chi connectivity index (χ4v) is 4.82. The van der Waals surface area contributed by atoms with Gasteiger partial charge in [0.25, 0.3) is 5.91 Å². The zero-order valence-electron chi connectivity index (χ0n) is 18.4. The highest BCUT2D eigenvalue weighted by molar-refractivity contribution is 5.92. The van der Waals surface area contributed by atoms with Crippen LogP contribution in [0.4, 0.5) is 0 Å². The number of aliphatic hydroxyl groups excluding tert-OH is 1. The van der Waals surface area contributed by atoms with Crippen molar-refractivity contribution in [3.8, 4) is 6.07 Å². The molecule has 0 aromatic carbocycles. The van der Waals surface area contributed by atoms with Gasteiger partial charge in [-0.25, -0.2) is 4.98 Å². The van der Waals surface area contributed by atoms with E-state index < -0.39 is 12.0 Å². The summed E-state index contributed by atoms with van der Waals surface area (Å²) in [6, 6.07) is 3.71. The maximum absolute atomic E-state index is 12.6. The van der Waals surface area contributed by atoms with Gasteiger partial charge in [0.15, 0.2) is 0 Å². The Kier molecular flexibility index (Phi) is 6.40. The smallest absolute Gasteiger partial charge is 0.270 e. The highest BCUT2D eigenvalue weighted by Crippen LogP contribution is 2.36. The monoisotopic (exact) mass is 436 g/mol. The number of ether oxygens (including phenoxy) is 1. The molecule has 1 amide bonds. The van der Waals surface area contributed by atoms with Gasteiger partial charge in [0.2, 0.25) is 0 Å². The lowest BCUT2D eigenvalue weighted by Gasteiger charge is -2.36. The lowest BCUT2D eigenvalue weighted by atomic mass is 9.77. The van der Waals surface area contributed by atoms with Crippen molar-refractivity contribution in [3.63, 3.8) is 0 Å². The first-order valence-corrected chi connectivity index (χ1v) is 11.0. The summed E-state index contributed by atoms with van der Waals surface area (Å²) in [5.74, 6) is -0.677. The Morgan fingerprint density at radius 3 is 2.84 bits per heavy atom. The average Bonchev–Trinajstić information content (AvgIpc) is 3.23. The van der Waals surface area contributed by atoms with Crippen LogP contribution >= 0.6 is 0 Å². The summed E-state index contributed by atoms with van der Waals surface area (Å²) in [7, 11) is 0. The van der Waals surface area contributed by atoms with E-state index in [-0.39, 0.29) is 17.7 Å². The van der Waals surface area contributed by atoms with E-state index in [1.54, 1.807) is 19.3 Å². The lowest BCUT2D eigenvalue weighted by Crippen LogP contribution is -2.48. The van der Waals surface area contributed by atoms with E-state index in [1.807, 2.05) is 6.92 Å². The van der Waals surface area contributed by atoms with Crippen LogP contribution in [0, 0.1) is 24.2 Å². The largest absolute Gasteiger partial charge is 0.496 e. The number of β-amino-alcohol motifs (C(OH)–C–C–N with tert-alkyl or cyclic N) is 1. The Balaban J connectivity index is 1.29. The molecule has 4 rings (SSSR count). The molecule has 1 saturated heterocycles. The second kappa shape index (κ2) is 9.23. The van der Waals surface area contributed by atoms with Crippen LogP contribution in [0.2, 0.25) is 0 Å². The predicted molar refractivity (Wildman–Crippen MR) is 116 cm³/mol. The molecule has 2 N–H and O–H groups in total. The number of carbonyl (C=O) groups excluding carboxylic acids is 2. The zero-order chi connectivity index (χ0) is 22.8. The Hall–Kier alpha value is -3.02. The highest BCUT2D eigenvalue weighted by atomic mass is 16.5. The van der Waals surface area contributed by atoms with Gasteiger partial charge in [-0.05, 0) is 43.9 Å². The molecule has 3 aliphatic rings. The molecular formula is C24H28N4O4. The van der Waals surface area contributed by atoms with Gasteiger partial charge < -0.3 is 20.1 Å². The fraction of sp³-hybridized carbons (Fsp3) is 0.500. The number of piperidine rings is 1. The zero-order valence-corrected chi connectivity index (χ0v) is 18.4. The van der Waals surface area contributed by atoms with E-state index in [2.05, 4.69) is 21.3 Å². The van der Waals surface area contributed by atoms with Crippen LogP contribution in [-0.4, -0.2) is 65.1 Å². The number of nitrogens with zero attached hydrogens (tertiary/aromatic N) is 3. The highest BCUT2D eigenvalue weighted by Gasteiger charge is 2.37. The molecule has 2 aliphatic heterocycles. The number of hydrogen-bond acceptors (Lipinski definition) is 7. The van der Waals surface area contributed by atoms with Crippen LogP contribution in [0.15, 0.2) is 35.2 Å². The molecule has 1 aliphatic carbocycles. The summed E-state index contributed by atoms with van der Waals surface area (Å²) >= 11 is 0. The van der Waals surface area contributed by atoms with E-state index >= 15 is 0 Å². The van der Waals surface area contributed by atoms with Crippen molar-refractivity contribution in [2.75, 3.05) is 26.2 Å². The second-order valence-corrected chi connectivity index (χ2v) is 8.85. The van der Waals surface area contributed by atoms with E-state index in [0.29, 0.717) is 30.8 Å². The number of aryl methyl sites for hydroxylation is 1.